The highest BCUT2D eigenvalue weighted by Gasteiger charge is 2.51. The second-order valence-electron chi connectivity index (χ2n) is 11.5. The minimum atomic E-state index is 0.288. The predicted molar refractivity (Wildman–Crippen MR) is 141 cm³/mol. The summed E-state index contributed by atoms with van der Waals surface area (Å²) in [6.45, 7) is 2.76. The number of rotatable bonds is 6. The molecule has 6 nitrogen and oxygen atoms in total. The van der Waals surface area contributed by atoms with E-state index in [4.69, 9.17) is 26.7 Å². The summed E-state index contributed by atoms with van der Waals surface area (Å²) in [5.41, 5.74) is 1.44. The molecule has 0 atom stereocenters. The molecule has 0 amide bonds. The number of imidazole rings is 1. The highest BCUT2D eigenvalue weighted by atomic mass is 32.1. The molecule has 35 heavy (non-hydrogen) atoms. The summed E-state index contributed by atoms with van der Waals surface area (Å²) in [6.07, 6.45) is 14.6. The van der Waals surface area contributed by atoms with E-state index in [0.29, 0.717) is 5.92 Å². The molecule has 4 bridgehead atoms. The first-order chi connectivity index (χ1) is 17.0. The van der Waals surface area contributed by atoms with Gasteiger partial charge in [0, 0.05) is 49.6 Å². The molecule has 4 saturated carbocycles. The number of thiocarbonyl (C=S) groups is 1. The maximum absolute atomic E-state index is 5.98. The van der Waals surface area contributed by atoms with Crippen LogP contribution in [0, 0.1) is 17.8 Å². The summed E-state index contributed by atoms with van der Waals surface area (Å²) in [4.78, 5) is 7.19. The van der Waals surface area contributed by atoms with E-state index < -0.39 is 0 Å². The fraction of sp³-hybridized carbons (Fsp3) is 0.643. The topological polar surface area (TPSA) is 51.5 Å². The van der Waals surface area contributed by atoms with Crippen LogP contribution in [0.3, 0.4) is 0 Å². The lowest BCUT2D eigenvalue weighted by Gasteiger charge is -2.57. The minimum absolute atomic E-state index is 0.288. The standard InChI is InChI=1S/C28H38N4O2S/c1-33-24-12-22(13-25(14-24)34-2)18-32-8-5-29-26(32)23-3-6-31(7-4-23)27(35)30-28-15-19-9-20(16-28)11-21(10-19)17-28/h5,8,12-14,19-21,23H,3-4,6-7,9-11,15-18H2,1-2H3,(H,30,35). The van der Waals surface area contributed by atoms with Gasteiger partial charge in [-0.2, -0.15) is 0 Å². The third-order valence-electron chi connectivity index (χ3n) is 9.07. The number of aromatic nitrogens is 2. The molecule has 2 aromatic rings. The second kappa shape index (κ2) is 9.30. The number of likely N-dealkylation sites (tertiary alicyclic amines) is 1. The van der Waals surface area contributed by atoms with Crippen LogP contribution in [0.25, 0.3) is 0 Å². The van der Waals surface area contributed by atoms with Crippen LogP contribution in [0.5, 0.6) is 11.5 Å². The van der Waals surface area contributed by atoms with Gasteiger partial charge >= 0.3 is 0 Å². The third-order valence-corrected chi connectivity index (χ3v) is 9.43. The van der Waals surface area contributed by atoms with E-state index in [-0.39, 0.29) is 5.54 Å². The van der Waals surface area contributed by atoms with Gasteiger partial charge in [-0.25, -0.2) is 4.98 Å². The van der Waals surface area contributed by atoms with Gasteiger partial charge in [-0.1, -0.05) is 0 Å². The molecule has 5 aliphatic rings. The highest BCUT2D eigenvalue weighted by molar-refractivity contribution is 7.80. The molecule has 5 fully saturated rings. The van der Waals surface area contributed by atoms with Gasteiger partial charge in [-0.15, -0.1) is 0 Å². The largest absolute Gasteiger partial charge is 0.497 e. The summed E-state index contributed by atoms with van der Waals surface area (Å²) in [5.74, 6) is 6.06. The highest BCUT2D eigenvalue weighted by Crippen LogP contribution is 2.55. The number of nitrogens with one attached hydrogen (secondary N) is 1. The fourth-order valence-corrected chi connectivity index (χ4v) is 8.28. The van der Waals surface area contributed by atoms with Crippen molar-refractivity contribution in [1.29, 1.82) is 0 Å². The van der Waals surface area contributed by atoms with Crippen molar-refractivity contribution in [2.24, 2.45) is 17.8 Å². The van der Waals surface area contributed by atoms with Gasteiger partial charge in [0.25, 0.3) is 0 Å². The number of hydrogen-bond acceptors (Lipinski definition) is 4. The van der Waals surface area contributed by atoms with Gasteiger partial charge in [0.05, 0.1) is 14.2 Å². The van der Waals surface area contributed by atoms with Crippen molar-refractivity contribution in [3.63, 3.8) is 0 Å². The lowest BCUT2D eigenvalue weighted by molar-refractivity contribution is -0.0113. The van der Waals surface area contributed by atoms with Crippen LogP contribution >= 0.6 is 12.2 Å². The number of hydrogen-bond donors (Lipinski definition) is 1. The smallest absolute Gasteiger partial charge is 0.169 e. The van der Waals surface area contributed by atoms with Gasteiger partial charge in [0.2, 0.25) is 0 Å². The Balaban J connectivity index is 1.08. The van der Waals surface area contributed by atoms with Crippen molar-refractivity contribution in [2.75, 3.05) is 27.3 Å². The van der Waals surface area contributed by atoms with Crippen molar-refractivity contribution < 1.29 is 9.47 Å². The maximum atomic E-state index is 5.98. The molecule has 7 rings (SSSR count). The van der Waals surface area contributed by atoms with E-state index in [0.717, 1.165) is 72.4 Å². The average Bonchev–Trinajstić information content (AvgIpc) is 3.30. The molecule has 2 heterocycles. The van der Waals surface area contributed by atoms with Gasteiger partial charge in [0.1, 0.15) is 17.3 Å². The first-order valence-electron chi connectivity index (χ1n) is 13.3. The maximum Gasteiger partial charge on any atom is 0.169 e. The average molecular weight is 495 g/mol. The Hall–Kier alpha value is -2.28. The van der Waals surface area contributed by atoms with Crippen LogP contribution in [-0.4, -0.2) is 52.4 Å². The zero-order valence-corrected chi connectivity index (χ0v) is 21.9. The van der Waals surface area contributed by atoms with Gasteiger partial charge < -0.3 is 24.3 Å². The second-order valence-corrected chi connectivity index (χ2v) is 11.9. The molecule has 0 radical (unpaired) electrons. The third kappa shape index (κ3) is 4.64. The summed E-state index contributed by atoms with van der Waals surface area (Å²) >= 11 is 5.98. The van der Waals surface area contributed by atoms with Gasteiger partial charge in [0.15, 0.2) is 5.11 Å². The molecule has 0 unspecified atom stereocenters. The number of nitrogens with zero attached hydrogens (tertiary/aromatic N) is 3. The first-order valence-corrected chi connectivity index (χ1v) is 13.7. The monoisotopic (exact) mass is 494 g/mol. The van der Waals surface area contributed by atoms with E-state index in [1.807, 2.05) is 12.3 Å². The van der Waals surface area contributed by atoms with Crippen LogP contribution in [0.4, 0.5) is 0 Å². The van der Waals surface area contributed by atoms with Crippen molar-refractivity contribution in [3.05, 3.63) is 42.0 Å². The predicted octanol–water partition coefficient (Wildman–Crippen LogP) is 4.97. The molecular weight excluding hydrogens is 456 g/mol. The Morgan fingerprint density at radius 3 is 2.17 bits per heavy atom. The van der Waals surface area contributed by atoms with Crippen molar-refractivity contribution in [1.82, 2.24) is 19.8 Å². The summed E-state index contributed by atoms with van der Waals surface area (Å²) in [6, 6.07) is 6.06. The zero-order valence-electron chi connectivity index (χ0n) is 21.0. The zero-order chi connectivity index (χ0) is 24.0. The van der Waals surface area contributed by atoms with E-state index >= 15 is 0 Å². The SMILES string of the molecule is COc1cc(Cn2ccnc2C2CCN(C(=S)NC34CC5CC(CC(C5)C3)C4)CC2)cc(OC)c1. The fourth-order valence-electron chi connectivity index (χ4n) is 7.88. The van der Waals surface area contributed by atoms with Gasteiger partial charge in [-0.05, 0) is 99.0 Å². The molecule has 1 saturated heterocycles. The van der Waals surface area contributed by atoms with Crippen LogP contribution < -0.4 is 14.8 Å². The van der Waals surface area contributed by atoms with Crippen molar-refractivity contribution in [2.45, 2.75) is 69.4 Å². The quantitative estimate of drug-likeness (QED) is 0.572. The molecular formula is C28H38N4O2S. The molecule has 1 aliphatic heterocycles. The van der Waals surface area contributed by atoms with Crippen molar-refractivity contribution >= 4 is 17.3 Å². The molecule has 0 spiro atoms. The van der Waals surface area contributed by atoms with Crippen LogP contribution in [-0.2, 0) is 6.54 Å². The Morgan fingerprint density at radius 1 is 1.00 bits per heavy atom. The first kappa shape index (κ1) is 23.1. The number of methoxy groups -OCH3 is 2. The summed E-state index contributed by atoms with van der Waals surface area (Å²) < 4.78 is 13.2. The number of piperidine rings is 1. The number of ether oxygens (including phenoxy) is 2. The Labute approximate surface area is 214 Å². The molecule has 4 aliphatic carbocycles. The Bertz CT molecular complexity index is 1020. The van der Waals surface area contributed by atoms with E-state index in [2.05, 4.69) is 33.1 Å². The molecule has 7 heteroatoms. The van der Waals surface area contributed by atoms with Crippen LogP contribution in [0.15, 0.2) is 30.6 Å². The van der Waals surface area contributed by atoms with Crippen molar-refractivity contribution in [3.8, 4) is 11.5 Å². The normalized spacial score (nSPS) is 29.9. The van der Waals surface area contributed by atoms with E-state index in [1.165, 1.54) is 44.3 Å². The van der Waals surface area contributed by atoms with E-state index in [9.17, 15) is 0 Å². The number of benzene rings is 1. The molecule has 1 aromatic heterocycles. The minimum Gasteiger partial charge on any atom is -0.497 e. The summed E-state index contributed by atoms with van der Waals surface area (Å²) in [5, 5.41) is 4.92. The lowest BCUT2D eigenvalue weighted by Crippen LogP contribution is -2.62. The molecule has 188 valence electrons. The van der Waals surface area contributed by atoms with E-state index in [1.54, 1.807) is 14.2 Å². The van der Waals surface area contributed by atoms with Crippen LogP contribution in [0.2, 0.25) is 0 Å². The Morgan fingerprint density at radius 2 is 1.60 bits per heavy atom. The van der Waals surface area contributed by atoms with Gasteiger partial charge in [-0.3, -0.25) is 0 Å². The Kier molecular flexibility index (Phi) is 6.15. The molecule has 1 N–H and O–H groups in total. The molecule has 1 aromatic carbocycles. The van der Waals surface area contributed by atoms with Crippen LogP contribution in [0.1, 0.15) is 68.7 Å². The lowest BCUT2D eigenvalue weighted by atomic mass is 9.53. The summed E-state index contributed by atoms with van der Waals surface area (Å²) in [7, 11) is 3.38.